The SMILES string of the molecule is COC[C@H](C)NC(=O)NCCc1cccc(OC)c1O. The van der Waals surface area contributed by atoms with E-state index < -0.39 is 0 Å². The number of methoxy groups -OCH3 is 2. The fourth-order valence-corrected chi connectivity index (χ4v) is 1.81. The summed E-state index contributed by atoms with van der Waals surface area (Å²) in [6.45, 7) is 2.74. The maximum Gasteiger partial charge on any atom is 0.315 e. The van der Waals surface area contributed by atoms with Gasteiger partial charge in [0, 0.05) is 13.7 Å². The Bertz CT molecular complexity index is 437. The van der Waals surface area contributed by atoms with Crippen LogP contribution in [0.5, 0.6) is 11.5 Å². The van der Waals surface area contributed by atoms with E-state index in [-0.39, 0.29) is 17.8 Å². The Balaban J connectivity index is 2.39. The van der Waals surface area contributed by atoms with Crippen LogP contribution in [0.1, 0.15) is 12.5 Å². The molecular weight excluding hydrogens is 260 g/mol. The van der Waals surface area contributed by atoms with Crippen LogP contribution in [0.25, 0.3) is 0 Å². The van der Waals surface area contributed by atoms with Gasteiger partial charge in [0.05, 0.1) is 19.8 Å². The lowest BCUT2D eigenvalue weighted by atomic mass is 10.1. The van der Waals surface area contributed by atoms with Gasteiger partial charge in [0.25, 0.3) is 0 Å². The van der Waals surface area contributed by atoms with E-state index in [9.17, 15) is 9.90 Å². The third-order valence-electron chi connectivity index (χ3n) is 2.78. The molecule has 20 heavy (non-hydrogen) atoms. The van der Waals surface area contributed by atoms with Crippen LogP contribution in [0.15, 0.2) is 18.2 Å². The molecule has 0 aliphatic rings. The Morgan fingerprint density at radius 3 is 2.80 bits per heavy atom. The van der Waals surface area contributed by atoms with Crippen molar-refractivity contribution in [2.45, 2.75) is 19.4 Å². The van der Waals surface area contributed by atoms with E-state index in [0.717, 1.165) is 5.56 Å². The Morgan fingerprint density at radius 2 is 2.15 bits per heavy atom. The number of ether oxygens (including phenoxy) is 2. The number of carbonyl (C=O) groups is 1. The van der Waals surface area contributed by atoms with Crippen molar-refractivity contribution in [2.75, 3.05) is 27.4 Å². The van der Waals surface area contributed by atoms with E-state index in [1.54, 1.807) is 25.3 Å². The van der Waals surface area contributed by atoms with E-state index in [1.165, 1.54) is 7.11 Å². The molecule has 0 saturated heterocycles. The molecule has 1 aromatic rings. The van der Waals surface area contributed by atoms with Crippen molar-refractivity contribution in [3.05, 3.63) is 23.8 Å². The van der Waals surface area contributed by atoms with Gasteiger partial charge < -0.3 is 25.2 Å². The smallest absolute Gasteiger partial charge is 0.315 e. The van der Waals surface area contributed by atoms with Crippen LogP contribution in [-0.4, -0.2) is 44.6 Å². The molecule has 2 amide bonds. The predicted molar refractivity (Wildman–Crippen MR) is 76.2 cm³/mol. The number of para-hydroxylation sites is 1. The van der Waals surface area contributed by atoms with Gasteiger partial charge in [-0.2, -0.15) is 0 Å². The molecule has 0 spiro atoms. The lowest BCUT2D eigenvalue weighted by molar-refractivity contribution is 0.171. The highest BCUT2D eigenvalue weighted by Crippen LogP contribution is 2.29. The number of carbonyl (C=O) groups excluding carboxylic acids is 1. The molecule has 1 atom stereocenters. The average molecular weight is 282 g/mol. The van der Waals surface area contributed by atoms with Crippen molar-refractivity contribution >= 4 is 6.03 Å². The van der Waals surface area contributed by atoms with Gasteiger partial charge >= 0.3 is 6.03 Å². The fourth-order valence-electron chi connectivity index (χ4n) is 1.81. The topological polar surface area (TPSA) is 79.8 Å². The van der Waals surface area contributed by atoms with Gasteiger partial charge in [-0.25, -0.2) is 4.79 Å². The zero-order chi connectivity index (χ0) is 15.0. The quantitative estimate of drug-likeness (QED) is 0.704. The molecule has 6 heteroatoms. The number of nitrogens with one attached hydrogen (secondary N) is 2. The molecule has 0 aliphatic carbocycles. The summed E-state index contributed by atoms with van der Waals surface area (Å²) in [6.07, 6.45) is 0.523. The van der Waals surface area contributed by atoms with Crippen LogP contribution in [0.2, 0.25) is 0 Å². The number of phenols is 1. The lowest BCUT2D eigenvalue weighted by Gasteiger charge is -2.14. The van der Waals surface area contributed by atoms with Gasteiger partial charge in [-0.05, 0) is 25.0 Å². The second kappa shape index (κ2) is 8.27. The number of hydrogen-bond acceptors (Lipinski definition) is 4. The van der Waals surface area contributed by atoms with Crippen molar-refractivity contribution in [2.24, 2.45) is 0 Å². The van der Waals surface area contributed by atoms with E-state index >= 15 is 0 Å². The molecule has 0 fully saturated rings. The monoisotopic (exact) mass is 282 g/mol. The first kappa shape index (κ1) is 16.1. The molecular formula is C14H22N2O4. The minimum Gasteiger partial charge on any atom is -0.504 e. The number of hydrogen-bond donors (Lipinski definition) is 3. The minimum absolute atomic E-state index is 0.0507. The van der Waals surface area contributed by atoms with Crippen molar-refractivity contribution < 1.29 is 19.4 Å². The molecule has 1 rings (SSSR count). The minimum atomic E-state index is -0.253. The van der Waals surface area contributed by atoms with E-state index in [2.05, 4.69) is 10.6 Å². The molecule has 0 unspecified atom stereocenters. The van der Waals surface area contributed by atoms with Crippen molar-refractivity contribution in [3.63, 3.8) is 0 Å². The highest BCUT2D eigenvalue weighted by molar-refractivity contribution is 5.74. The zero-order valence-electron chi connectivity index (χ0n) is 12.1. The summed E-state index contributed by atoms with van der Waals surface area (Å²) in [6, 6.07) is 4.98. The molecule has 6 nitrogen and oxygen atoms in total. The first-order valence-corrected chi connectivity index (χ1v) is 6.46. The summed E-state index contributed by atoms with van der Waals surface area (Å²) >= 11 is 0. The highest BCUT2D eigenvalue weighted by Gasteiger charge is 2.09. The first-order valence-electron chi connectivity index (χ1n) is 6.46. The molecule has 0 aliphatic heterocycles. The number of rotatable bonds is 7. The van der Waals surface area contributed by atoms with Gasteiger partial charge in [-0.3, -0.25) is 0 Å². The molecule has 0 saturated carbocycles. The average Bonchev–Trinajstić information content (AvgIpc) is 2.41. The molecule has 112 valence electrons. The summed E-state index contributed by atoms with van der Waals surface area (Å²) in [4.78, 5) is 11.6. The van der Waals surface area contributed by atoms with E-state index in [1.807, 2.05) is 6.92 Å². The molecule has 0 heterocycles. The van der Waals surface area contributed by atoms with Crippen molar-refractivity contribution in [1.29, 1.82) is 0 Å². The highest BCUT2D eigenvalue weighted by atomic mass is 16.5. The second-order valence-electron chi connectivity index (χ2n) is 4.47. The van der Waals surface area contributed by atoms with Gasteiger partial charge in [0.2, 0.25) is 0 Å². The van der Waals surface area contributed by atoms with E-state index in [4.69, 9.17) is 9.47 Å². The summed E-state index contributed by atoms with van der Waals surface area (Å²) < 4.78 is 9.96. The van der Waals surface area contributed by atoms with Crippen LogP contribution in [0.4, 0.5) is 4.79 Å². The number of aromatic hydroxyl groups is 1. The number of urea groups is 1. The van der Waals surface area contributed by atoms with Crippen molar-refractivity contribution in [1.82, 2.24) is 10.6 Å². The molecule has 0 radical (unpaired) electrons. The summed E-state index contributed by atoms with van der Waals surface area (Å²) in [7, 11) is 3.09. The normalized spacial score (nSPS) is 11.8. The Morgan fingerprint density at radius 1 is 1.40 bits per heavy atom. The number of amides is 2. The second-order valence-corrected chi connectivity index (χ2v) is 4.47. The zero-order valence-corrected chi connectivity index (χ0v) is 12.1. The molecule has 0 bridgehead atoms. The third-order valence-corrected chi connectivity index (χ3v) is 2.78. The van der Waals surface area contributed by atoms with E-state index in [0.29, 0.717) is 25.3 Å². The number of benzene rings is 1. The van der Waals surface area contributed by atoms with Gasteiger partial charge in [0.15, 0.2) is 11.5 Å². The van der Waals surface area contributed by atoms with Crippen LogP contribution >= 0.6 is 0 Å². The molecule has 0 aromatic heterocycles. The van der Waals surface area contributed by atoms with Crippen LogP contribution in [-0.2, 0) is 11.2 Å². The Kier molecular flexibility index (Phi) is 6.66. The first-order chi connectivity index (χ1) is 9.58. The van der Waals surface area contributed by atoms with Crippen LogP contribution < -0.4 is 15.4 Å². The third kappa shape index (κ3) is 4.97. The lowest BCUT2D eigenvalue weighted by Crippen LogP contribution is -2.43. The molecule has 1 aromatic carbocycles. The summed E-state index contributed by atoms with van der Waals surface area (Å²) in [5.74, 6) is 0.547. The largest absolute Gasteiger partial charge is 0.504 e. The van der Waals surface area contributed by atoms with Crippen LogP contribution in [0, 0.1) is 0 Å². The van der Waals surface area contributed by atoms with Gasteiger partial charge in [0.1, 0.15) is 0 Å². The number of phenolic OH excluding ortho intramolecular Hbond substituents is 1. The molecule has 3 N–H and O–H groups in total. The Labute approximate surface area is 119 Å². The maximum absolute atomic E-state index is 11.6. The Hall–Kier alpha value is -1.95. The maximum atomic E-state index is 11.6. The fraction of sp³-hybridized carbons (Fsp3) is 0.500. The summed E-state index contributed by atoms with van der Waals surface area (Å²) in [5.41, 5.74) is 0.731. The standard InChI is InChI=1S/C14H22N2O4/c1-10(9-19-2)16-14(18)15-8-7-11-5-4-6-12(20-3)13(11)17/h4-6,10,17H,7-9H2,1-3H3,(H2,15,16,18)/t10-/m0/s1. The van der Waals surface area contributed by atoms with Gasteiger partial charge in [-0.15, -0.1) is 0 Å². The van der Waals surface area contributed by atoms with Crippen molar-refractivity contribution in [3.8, 4) is 11.5 Å². The van der Waals surface area contributed by atoms with Crippen LogP contribution in [0.3, 0.4) is 0 Å². The van der Waals surface area contributed by atoms with Gasteiger partial charge in [-0.1, -0.05) is 12.1 Å². The predicted octanol–water partition coefficient (Wildman–Crippen LogP) is 1.28. The summed E-state index contributed by atoms with van der Waals surface area (Å²) in [5, 5.41) is 15.4.